The van der Waals surface area contributed by atoms with Crippen LogP contribution < -0.4 is 5.32 Å². The van der Waals surface area contributed by atoms with E-state index in [1.165, 1.54) is 26.6 Å². The van der Waals surface area contributed by atoms with Crippen LogP contribution in [0.25, 0.3) is 10.9 Å². The van der Waals surface area contributed by atoms with Gasteiger partial charge in [0.15, 0.2) is 0 Å². The first kappa shape index (κ1) is 12.7. The van der Waals surface area contributed by atoms with Gasteiger partial charge in [-0.1, -0.05) is 26.8 Å². The van der Waals surface area contributed by atoms with Gasteiger partial charge in [0.1, 0.15) is 0 Å². The van der Waals surface area contributed by atoms with Gasteiger partial charge in [-0.25, -0.2) is 0 Å². The van der Waals surface area contributed by atoms with Gasteiger partial charge in [0, 0.05) is 27.6 Å². The molecule has 17 heavy (non-hydrogen) atoms. The molecule has 0 aliphatic rings. The number of aromatic amines is 1. The fraction of sp³-hybridized carbons (Fsp3) is 0.429. The van der Waals surface area contributed by atoms with Gasteiger partial charge < -0.3 is 10.3 Å². The van der Waals surface area contributed by atoms with Crippen molar-refractivity contribution in [3.05, 3.63) is 33.9 Å². The molecule has 3 heteroatoms. The Morgan fingerprint density at radius 2 is 2.00 bits per heavy atom. The number of H-pyrrole nitrogens is 1. The number of aromatic nitrogens is 1. The van der Waals surface area contributed by atoms with Gasteiger partial charge in [-0.2, -0.15) is 0 Å². The standard InChI is InChI=1S/C14H19BrN2/c1-14(2,3)9-5-6-11-10(7-9)13(15)12(17-11)8-16-4/h5-7,16-17H,8H2,1-4H3. The molecule has 0 aliphatic carbocycles. The highest BCUT2D eigenvalue weighted by atomic mass is 79.9. The SMILES string of the molecule is CNCc1[nH]c2ccc(C(C)(C)C)cc2c1Br. The molecule has 0 radical (unpaired) electrons. The van der Waals surface area contributed by atoms with E-state index in [4.69, 9.17) is 0 Å². The normalized spacial score (nSPS) is 12.3. The zero-order valence-corrected chi connectivity index (χ0v) is 12.4. The van der Waals surface area contributed by atoms with Crippen LogP contribution in [0, 0.1) is 0 Å². The second-order valence-electron chi connectivity index (χ2n) is 5.46. The minimum Gasteiger partial charge on any atom is -0.356 e. The Hall–Kier alpha value is -0.800. The quantitative estimate of drug-likeness (QED) is 0.862. The van der Waals surface area contributed by atoms with Crippen molar-refractivity contribution in [2.24, 2.45) is 0 Å². The van der Waals surface area contributed by atoms with E-state index in [1.54, 1.807) is 0 Å². The van der Waals surface area contributed by atoms with Gasteiger partial charge in [0.25, 0.3) is 0 Å². The highest BCUT2D eigenvalue weighted by molar-refractivity contribution is 9.10. The van der Waals surface area contributed by atoms with Crippen molar-refractivity contribution in [2.75, 3.05) is 7.05 Å². The van der Waals surface area contributed by atoms with Crippen LogP contribution in [0.3, 0.4) is 0 Å². The number of hydrogen-bond donors (Lipinski definition) is 2. The number of fused-ring (bicyclic) bond motifs is 1. The first-order valence-corrected chi connectivity index (χ1v) is 6.68. The number of nitrogens with one attached hydrogen (secondary N) is 2. The van der Waals surface area contributed by atoms with Crippen molar-refractivity contribution in [3.8, 4) is 0 Å². The van der Waals surface area contributed by atoms with Crippen LogP contribution in [0.4, 0.5) is 0 Å². The molecule has 0 spiro atoms. The summed E-state index contributed by atoms with van der Waals surface area (Å²) in [4.78, 5) is 3.43. The molecule has 2 aromatic rings. The minimum absolute atomic E-state index is 0.189. The van der Waals surface area contributed by atoms with E-state index in [0.29, 0.717) is 0 Å². The number of rotatable bonds is 2. The highest BCUT2D eigenvalue weighted by Crippen LogP contribution is 2.32. The first-order valence-electron chi connectivity index (χ1n) is 5.88. The Bertz CT molecular complexity index is 535. The van der Waals surface area contributed by atoms with Gasteiger partial charge in [0.05, 0.1) is 0 Å². The Morgan fingerprint density at radius 1 is 1.29 bits per heavy atom. The molecule has 0 aliphatic heterocycles. The average Bonchev–Trinajstić information content (AvgIpc) is 2.55. The Balaban J connectivity index is 2.57. The summed E-state index contributed by atoms with van der Waals surface area (Å²) >= 11 is 3.68. The average molecular weight is 295 g/mol. The van der Waals surface area contributed by atoms with Crippen molar-refractivity contribution >= 4 is 26.8 Å². The fourth-order valence-electron chi connectivity index (χ4n) is 1.98. The summed E-state index contributed by atoms with van der Waals surface area (Å²) in [5.41, 5.74) is 3.94. The van der Waals surface area contributed by atoms with Crippen LogP contribution in [0.15, 0.2) is 22.7 Å². The van der Waals surface area contributed by atoms with Gasteiger partial charge in [-0.15, -0.1) is 0 Å². The summed E-state index contributed by atoms with van der Waals surface area (Å²) in [5, 5.41) is 4.44. The fourth-order valence-corrected chi connectivity index (χ4v) is 2.55. The van der Waals surface area contributed by atoms with E-state index in [-0.39, 0.29) is 5.41 Å². The molecule has 0 saturated carbocycles. The maximum Gasteiger partial charge on any atom is 0.0474 e. The Labute approximate surface area is 111 Å². The van der Waals surface area contributed by atoms with E-state index in [0.717, 1.165) is 6.54 Å². The lowest BCUT2D eigenvalue weighted by atomic mass is 9.86. The molecule has 2 rings (SSSR count). The van der Waals surface area contributed by atoms with Crippen molar-refractivity contribution in [3.63, 3.8) is 0 Å². The zero-order chi connectivity index (χ0) is 12.6. The lowest BCUT2D eigenvalue weighted by Gasteiger charge is -2.18. The van der Waals surface area contributed by atoms with Crippen molar-refractivity contribution in [2.45, 2.75) is 32.7 Å². The monoisotopic (exact) mass is 294 g/mol. The number of benzene rings is 1. The van der Waals surface area contributed by atoms with E-state index in [9.17, 15) is 0 Å². The summed E-state index contributed by atoms with van der Waals surface area (Å²) < 4.78 is 1.17. The Kier molecular flexibility index (Phi) is 3.32. The van der Waals surface area contributed by atoms with Gasteiger partial charge in [-0.05, 0) is 46.1 Å². The molecule has 1 heterocycles. The third kappa shape index (κ3) is 2.40. The number of hydrogen-bond acceptors (Lipinski definition) is 1. The van der Waals surface area contributed by atoms with Crippen LogP contribution >= 0.6 is 15.9 Å². The molecule has 0 fully saturated rings. The van der Waals surface area contributed by atoms with Crippen LogP contribution in [0.2, 0.25) is 0 Å². The third-order valence-corrected chi connectivity index (χ3v) is 3.93. The van der Waals surface area contributed by atoms with Crippen LogP contribution in [0.1, 0.15) is 32.0 Å². The van der Waals surface area contributed by atoms with Gasteiger partial charge >= 0.3 is 0 Å². The largest absolute Gasteiger partial charge is 0.356 e. The molecular weight excluding hydrogens is 276 g/mol. The molecule has 1 aromatic carbocycles. The minimum atomic E-state index is 0.189. The molecule has 0 atom stereocenters. The lowest BCUT2D eigenvalue weighted by molar-refractivity contribution is 0.591. The molecule has 92 valence electrons. The van der Waals surface area contributed by atoms with Crippen LogP contribution in [-0.2, 0) is 12.0 Å². The second kappa shape index (κ2) is 4.46. The van der Waals surface area contributed by atoms with Crippen molar-refractivity contribution in [1.29, 1.82) is 0 Å². The maximum atomic E-state index is 3.68. The summed E-state index contributed by atoms with van der Waals surface area (Å²) in [6.45, 7) is 7.57. The summed E-state index contributed by atoms with van der Waals surface area (Å²) in [6, 6.07) is 6.64. The maximum absolute atomic E-state index is 3.68. The molecule has 0 unspecified atom stereocenters. The number of halogens is 1. The van der Waals surface area contributed by atoms with E-state index in [1.807, 2.05) is 7.05 Å². The Morgan fingerprint density at radius 3 is 2.59 bits per heavy atom. The van der Waals surface area contributed by atoms with Crippen molar-refractivity contribution in [1.82, 2.24) is 10.3 Å². The second-order valence-corrected chi connectivity index (χ2v) is 6.25. The summed E-state index contributed by atoms with van der Waals surface area (Å²) in [5.74, 6) is 0. The highest BCUT2D eigenvalue weighted by Gasteiger charge is 2.16. The molecule has 2 nitrogen and oxygen atoms in total. The zero-order valence-electron chi connectivity index (χ0n) is 10.8. The van der Waals surface area contributed by atoms with Gasteiger partial charge in [0.2, 0.25) is 0 Å². The third-order valence-electron chi connectivity index (χ3n) is 3.03. The summed E-state index contributed by atoms with van der Waals surface area (Å²) in [6.07, 6.45) is 0. The van der Waals surface area contributed by atoms with Crippen LogP contribution in [-0.4, -0.2) is 12.0 Å². The topological polar surface area (TPSA) is 27.8 Å². The lowest BCUT2D eigenvalue weighted by Crippen LogP contribution is -2.10. The molecular formula is C14H19BrN2. The van der Waals surface area contributed by atoms with E-state index in [2.05, 4.69) is 65.2 Å². The van der Waals surface area contributed by atoms with E-state index >= 15 is 0 Å². The van der Waals surface area contributed by atoms with Gasteiger partial charge in [-0.3, -0.25) is 0 Å². The molecule has 0 saturated heterocycles. The summed E-state index contributed by atoms with van der Waals surface area (Å²) in [7, 11) is 1.96. The predicted octanol–water partition coefficient (Wildman–Crippen LogP) is 3.95. The predicted molar refractivity (Wildman–Crippen MR) is 77.5 cm³/mol. The molecule has 0 amide bonds. The molecule has 2 N–H and O–H groups in total. The molecule has 0 bridgehead atoms. The van der Waals surface area contributed by atoms with Crippen LogP contribution in [0.5, 0.6) is 0 Å². The van der Waals surface area contributed by atoms with E-state index < -0.39 is 0 Å². The smallest absolute Gasteiger partial charge is 0.0474 e. The first-order chi connectivity index (χ1) is 7.93. The van der Waals surface area contributed by atoms with Crippen molar-refractivity contribution < 1.29 is 0 Å². The molecule has 1 aromatic heterocycles.